The summed E-state index contributed by atoms with van der Waals surface area (Å²) in [6, 6.07) is 15.0. The van der Waals surface area contributed by atoms with Gasteiger partial charge in [0.15, 0.2) is 5.78 Å². The number of halogens is 2. The van der Waals surface area contributed by atoms with Gasteiger partial charge in [0.05, 0.1) is 16.1 Å². The summed E-state index contributed by atoms with van der Waals surface area (Å²) in [7, 11) is 0. The fraction of sp³-hybridized carbons (Fsp3) is 0.0667. The Bertz CT molecular complexity index is 649. The smallest absolute Gasteiger partial charge is 0.187 e. The Hall–Kier alpha value is -1.99. The Morgan fingerprint density at radius 2 is 1.84 bits per heavy atom. The zero-order valence-corrected chi connectivity index (χ0v) is 11.4. The number of hydrogen-bond donors (Lipinski definition) is 0. The predicted molar refractivity (Wildman–Crippen MR) is 73.2 cm³/mol. The van der Waals surface area contributed by atoms with Gasteiger partial charge in [-0.15, -0.1) is 0 Å². The van der Waals surface area contributed by atoms with E-state index in [1.807, 2.05) is 6.07 Å². The van der Waals surface area contributed by atoms with Crippen molar-refractivity contribution in [3.8, 4) is 6.07 Å². The zero-order valence-electron chi connectivity index (χ0n) is 9.81. The van der Waals surface area contributed by atoms with Gasteiger partial charge in [0.25, 0.3) is 0 Å². The van der Waals surface area contributed by atoms with Gasteiger partial charge in [0, 0.05) is 0 Å². The summed E-state index contributed by atoms with van der Waals surface area (Å²) >= 11 is 3.03. The SMILES string of the molecule is N#CC(C(=O)c1cccc(Br)c1F)c1ccccc1. The van der Waals surface area contributed by atoms with Crippen molar-refractivity contribution in [2.24, 2.45) is 0 Å². The van der Waals surface area contributed by atoms with Crippen LogP contribution in [0.15, 0.2) is 53.0 Å². The first-order valence-corrected chi connectivity index (χ1v) is 6.37. The van der Waals surface area contributed by atoms with E-state index in [0.29, 0.717) is 5.56 Å². The van der Waals surface area contributed by atoms with E-state index in [0.717, 1.165) is 0 Å². The maximum atomic E-state index is 13.9. The lowest BCUT2D eigenvalue weighted by atomic mass is 9.92. The number of ketones is 1. The summed E-state index contributed by atoms with van der Waals surface area (Å²) in [5.74, 6) is -2.17. The van der Waals surface area contributed by atoms with Gasteiger partial charge in [-0.05, 0) is 33.6 Å². The van der Waals surface area contributed by atoms with E-state index in [-0.39, 0.29) is 10.0 Å². The standard InChI is InChI=1S/C15H9BrFNO/c16-13-8-4-7-11(14(13)17)15(19)12(9-18)10-5-2-1-3-6-10/h1-8,12H. The zero-order chi connectivity index (χ0) is 13.8. The van der Waals surface area contributed by atoms with Crippen LogP contribution in [-0.4, -0.2) is 5.78 Å². The topological polar surface area (TPSA) is 40.9 Å². The van der Waals surface area contributed by atoms with Crippen LogP contribution < -0.4 is 0 Å². The van der Waals surface area contributed by atoms with Crippen LogP contribution in [0.5, 0.6) is 0 Å². The predicted octanol–water partition coefficient (Wildman–Crippen LogP) is 4.08. The molecular weight excluding hydrogens is 309 g/mol. The van der Waals surface area contributed by atoms with Crippen LogP contribution in [0.1, 0.15) is 21.8 Å². The van der Waals surface area contributed by atoms with Crippen LogP contribution in [-0.2, 0) is 0 Å². The summed E-state index contributed by atoms with van der Waals surface area (Å²) in [5, 5.41) is 9.17. The van der Waals surface area contributed by atoms with Gasteiger partial charge < -0.3 is 0 Å². The molecule has 4 heteroatoms. The largest absolute Gasteiger partial charge is 0.292 e. The second-order valence-corrected chi connectivity index (χ2v) is 4.79. The molecule has 0 aliphatic carbocycles. The number of benzene rings is 2. The molecule has 0 heterocycles. The summed E-state index contributed by atoms with van der Waals surface area (Å²) < 4.78 is 14.1. The molecule has 0 saturated heterocycles. The monoisotopic (exact) mass is 317 g/mol. The van der Waals surface area contributed by atoms with Crippen LogP contribution in [0, 0.1) is 17.1 Å². The van der Waals surface area contributed by atoms with E-state index < -0.39 is 17.5 Å². The van der Waals surface area contributed by atoms with Crippen molar-refractivity contribution < 1.29 is 9.18 Å². The van der Waals surface area contributed by atoms with Crippen LogP contribution in [0.3, 0.4) is 0 Å². The average molecular weight is 318 g/mol. The lowest BCUT2D eigenvalue weighted by molar-refractivity contribution is 0.0975. The Morgan fingerprint density at radius 3 is 2.47 bits per heavy atom. The van der Waals surface area contributed by atoms with Crippen molar-refractivity contribution in [2.45, 2.75) is 5.92 Å². The molecule has 1 atom stereocenters. The first-order valence-electron chi connectivity index (χ1n) is 5.58. The second-order valence-electron chi connectivity index (χ2n) is 3.94. The lowest BCUT2D eigenvalue weighted by Gasteiger charge is -2.09. The molecule has 0 aliphatic heterocycles. The average Bonchev–Trinajstić information content (AvgIpc) is 2.44. The Morgan fingerprint density at radius 1 is 1.16 bits per heavy atom. The van der Waals surface area contributed by atoms with E-state index in [9.17, 15) is 9.18 Å². The highest BCUT2D eigenvalue weighted by Crippen LogP contribution is 2.25. The normalized spacial score (nSPS) is 11.6. The number of nitriles is 1. The molecule has 0 bridgehead atoms. The highest BCUT2D eigenvalue weighted by Gasteiger charge is 2.24. The van der Waals surface area contributed by atoms with Gasteiger partial charge in [-0.2, -0.15) is 5.26 Å². The molecule has 0 spiro atoms. The minimum Gasteiger partial charge on any atom is -0.292 e. The molecule has 0 radical (unpaired) electrons. The van der Waals surface area contributed by atoms with Gasteiger partial charge in [-0.1, -0.05) is 36.4 Å². The number of carbonyl (C=O) groups excluding carboxylic acids is 1. The maximum Gasteiger partial charge on any atom is 0.187 e. The quantitative estimate of drug-likeness (QED) is 0.800. The van der Waals surface area contributed by atoms with E-state index in [1.165, 1.54) is 12.1 Å². The molecule has 0 fully saturated rings. The third-order valence-corrected chi connectivity index (χ3v) is 3.35. The molecule has 0 saturated carbocycles. The van der Waals surface area contributed by atoms with Crippen molar-refractivity contribution >= 4 is 21.7 Å². The third-order valence-electron chi connectivity index (χ3n) is 2.74. The first-order chi connectivity index (χ1) is 9.15. The number of hydrogen-bond acceptors (Lipinski definition) is 2. The highest BCUT2D eigenvalue weighted by molar-refractivity contribution is 9.10. The van der Waals surface area contributed by atoms with Crippen LogP contribution in [0.2, 0.25) is 0 Å². The molecule has 94 valence electrons. The van der Waals surface area contributed by atoms with Gasteiger partial charge in [-0.3, -0.25) is 4.79 Å². The van der Waals surface area contributed by atoms with Gasteiger partial charge in [-0.25, -0.2) is 4.39 Å². The Labute approximate surface area is 118 Å². The summed E-state index contributed by atoms with van der Waals surface area (Å²) in [6.07, 6.45) is 0. The molecule has 0 N–H and O–H groups in total. The molecule has 19 heavy (non-hydrogen) atoms. The first kappa shape index (κ1) is 13.4. The van der Waals surface area contributed by atoms with Crippen molar-refractivity contribution in [2.75, 3.05) is 0 Å². The number of nitrogens with zero attached hydrogens (tertiary/aromatic N) is 1. The van der Waals surface area contributed by atoms with Gasteiger partial charge >= 0.3 is 0 Å². The Kier molecular flexibility index (Phi) is 4.08. The van der Waals surface area contributed by atoms with E-state index in [2.05, 4.69) is 15.9 Å². The molecule has 2 nitrogen and oxygen atoms in total. The minimum atomic E-state index is -0.995. The maximum absolute atomic E-state index is 13.9. The van der Waals surface area contributed by atoms with Crippen LogP contribution in [0.25, 0.3) is 0 Å². The molecular formula is C15H9BrFNO. The molecule has 2 aromatic rings. The number of rotatable bonds is 3. The van der Waals surface area contributed by atoms with E-state index in [1.54, 1.807) is 36.4 Å². The lowest BCUT2D eigenvalue weighted by Crippen LogP contribution is -2.13. The van der Waals surface area contributed by atoms with Gasteiger partial charge in [0.2, 0.25) is 0 Å². The Balaban J connectivity index is 2.43. The van der Waals surface area contributed by atoms with E-state index in [4.69, 9.17) is 5.26 Å². The molecule has 2 rings (SSSR count). The summed E-state index contributed by atoms with van der Waals surface area (Å²) in [4.78, 5) is 12.3. The summed E-state index contributed by atoms with van der Waals surface area (Å²) in [6.45, 7) is 0. The second kappa shape index (κ2) is 5.77. The minimum absolute atomic E-state index is 0.0789. The molecule has 0 aromatic heterocycles. The van der Waals surface area contributed by atoms with Crippen LogP contribution in [0.4, 0.5) is 4.39 Å². The van der Waals surface area contributed by atoms with Crippen molar-refractivity contribution in [1.29, 1.82) is 5.26 Å². The van der Waals surface area contributed by atoms with Crippen LogP contribution >= 0.6 is 15.9 Å². The van der Waals surface area contributed by atoms with Crippen molar-refractivity contribution in [3.63, 3.8) is 0 Å². The van der Waals surface area contributed by atoms with Crippen molar-refractivity contribution in [1.82, 2.24) is 0 Å². The number of carbonyl (C=O) groups is 1. The van der Waals surface area contributed by atoms with Crippen molar-refractivity contribution in [3.05, 3.63) is 69.9 Å². The molecule has 1 unspecified atom stereocenters. The van der Waals surface area contributed by atoms with E-state index >= 15 is 0 Å². The molecule has 2 aromatic carbocycles. The fourth-order valence-corrected chi connectivity index (χ4v) is 2.15. The summed E-state index contributed by atoms with van der Waals surface area (Å²) in [5.41, 5.74) is 0.485. The molecule has 0 aliphatic rings. The molecule has 0 amide bonds. The highest BCUT2D eigenvalue weighted by atomic mass is 79.9. The van der Waals surface area contributed by atoms with Gasteiger partial charge in [0.1, 0.15) is 11.7 Å². The number of Topliss-reactive ketones (excluding diaryl/α,β-unsaturated/α-hetero) is 1. The third kappa shape index (κ3) is 2.72. The fourth-order valence-electron chi connectivity index (χ4n) is 1.78.